The van der Waals surface area contributed by atoms with Gasteiger partial charge in [0.2, 0.25) is 5.91 Å². The third-order valence-electron chi connectivity index (χ3n) is 2.87. The molecule has 1 rings (SSSR count). The summed E-state index contributed by atoms with van der Waals surface area (Å²) >= 11 is 9.46. The predicted octanol–water partition coefficient (Wildman–Crippen LogP) is 3.48. The molecule has 116 valence electrons. The fourth-order valence-electron chi connectivity index (χ4n) is 1.86. The van der Waals surface area contributed by atoms with E-state index in [-0.39, 0.29) is 18.4 Å². The van der Waals surface area contributed by atoms with Crippen molar-refractivity contribution in [1.82, 2.24) is 10.2 Å². The summed E-state index contributed by atoms with van der Waals surface area (Å²) < 4.78 is 0.668. The van der Waals surface area contributed by atoms with Crippen molar-refractivity contribution in [3.63, 3.8) is 0 Å². The topological polar surface area (TPSA) is 49.4 Å². The van der Waals surface area contributed by atoms with Crippen molar-refractivity contribution in [2.24, 2.45) is 0 Å². The monoisotopic (exact) mass is 374 g/mol. The van der Waals surface area contributed by atoms with Crippen LogP contribution in [0.5, 0.6) is 0 Å². The molecule has 0 radical (unpaired) electrons. The van der Waals surface area contributed by atoms with Crippen molar-refractivity contribution in [2.75, 3.05) is 19.6 Å². The van der Waals surface area contributed by atoms with E-state index in [2.05, 4.69) is 21.2 Å². The molecule has 2 amide bonds. The Morgan fingerprint density at radius 1 is 1.29 bits per heavy atom. The maximum absolute atomic E-state index is 12.6. The Morgan fingerprint density at radius 3 is 2.62 bits per heavy atom. The van der Waals surface area contributed by atoms with Gasteiger partial charge in [-0.3, -0.25) is 9.59 Å². The molecule has 0 aliphatic heterocycles. The van der Waals surface area contributed by atoms with Crippen molar-refractivity contribution in [3.8, 4) is 0 Å². The van der Waals surface area contributed by atoms with Gasteiger partial charge in [-0.05, 0) is 40.9 Å². The number of amides is 2. The third-order valence-corrected chi connectivity index (χ3v) is 4.17. The van der Waals surface area contributed by atoms with Crippen molar-refractivity contribution < 1.29 is 9.59 Å². The first kappa shape index (κ1) is 18.0. The Morgan fingerprint density at radius 2 is 2.00 bits per heavy atom. The Bertz CT molecular complexity index is 508. The second-order valence-electron chi connectivity index (χ2n) is 4.68. The Labute approximate surface area is 139 Å². The van der Waals surface area contributed by atoms with Crippen molar-refractivity contribution >= 4 is 39.3 Å². The van der Waals surface area contributed by atoms with Crippen LogP contribution in [0.25, 0.3) is 0 Å². The Balaban J connectivity index is 2.86. The molecule has 1 N–H and O–H groups in total. The fraction of sp³-hybridized carbons (Fsp3) is 0.467. The van der Waals surface area contributed by atoms with Gasteiger partial charge in [-0.1, -0.05) is 31.5 Å². The number of hydrogen-bond donors (Lipinski definition) is 1. The maximum atomic E-state index is 12.6. The predicted molar refractivity (Wildman–Crippen MR) is 88.6 cm³/mol. The zero-order valence-electron chi connectivity index (χ0n) is 12.3. The van der Waals surface area contributed by atoms with E-state index < -0.39 is 0 Å². The average molecular weight is 376 g/mol. The second kappa shape index (κ2) is 9.05. The number of carbonyl (C=O) groups is 2. The maximum Gasteiger partial charge on any atom is 0.255 e. The third kappa shape index (κ3) is 5.32. The molecule has 0 aliphatic rings. The highest BCUT2D eigenvalue weighted by molar-refractivity contribution is 9.10. The minimum Gasteiger partial charge on any atom is -0.355 e. The van der Waals surface area contributed by atoms with Crippen LogP contribution in [0, 0.1) is 0 Å². The fourth-order valence-corrected chi connectivity index (χ4v) is 2.43. The molecular formula is C15H20BrClN2O2. The Kier molecular flexibility index (Phi) is 7.75. The largest absolute Gasteiger partial charge is 0.355 e. The van der Waals surface area contributed by atoms with E-state index in [0.29, 0.717) is 28.1 Å². The van der Waals surface area contributed by atoms with Gasteiger partial charge in [0.1, 0.15) is 0 Å². The van der Waals surface area contributed by atoms with Crippen LogP contribution in [0.1, 0.15) is 37.0 Å². The molecule has 0 saturated heterocycles. The summed E-state index contributed by atoms with van der Waals surface area (Å²) in [6, 6.07) is 5.20. The van der Waals surface area contributed by atoms with Crippen LogP contribution in [-0.4, -0.2) is 36.3 Å². The van der Waals surface area contributed by atoms with Gasteiger partial charge < -0.3 is 10.2 Å². The number of hydrogen-bond acceptors (Lipinski definition) is 2. The first-order valence-corrected chi connectivity index (χ1v) is 8.18. The smallest absolute Gasteiger partial charge is 0.255 e. The summed E-state index contributed by atoms with van der Waals surface area (Å²) in [7, 11) is 0. The number of carbonyl (C=O) groups excluding carboxylic acids is 2. The SMILES string of the molecule is CCCNC(=O)CN(CCC)C(=O)c1cccc(Br)c1Cl. The van der Waals surface area contributed by atoms with Crippen LogP contribution in [0.15, 0.2) is 22.7 Å². The van der Waals surface area contributed by atoms with Gasteiger partial charge in [-0.2, -0.15) is 0 Å². The molecule has 1 aromatic rings. The summed E-state index contributed by atoms with van der Waals surface area (Å²) in [5.41, 5.74) is 0.405. The molecule has 1 aromatic carbocycles. The summed E-state index contributed by atoms with van der Waals surface area (Å²) in [6.45, 7) is 5.13. The summed E-state index contributed by atoms with van der Waals surface area (Å²) in [6.07, 6.45) is 1.64. The molecule has 0 heterocycles. The standard InChI is InChI=1S/C15H20BrClN2O2/c1-3-8-18-13(20)10-19(9-4-2)15(21)11-6-5-7-12(16)14(11)17/h5-7H,3-4,8-10H2,1-2H3,(H,18,20). The van der Waals surface area contributed by atoms with Crippen LogP contribution in [0.2, 0.25) is 5.02 Å². The number of halogens is 2. The zero-order valence-corrected chi connectivity index (χ0v) is 14.6. The molecule has 0 unspecified atom stereocenters. The molecule has 0 fully saturated rings. The zero-order chi connectivity index (χ0) is 15.8. The Hall–Kier alpha value is -1.07. The van der Waals surface area contributed by atoms with Gasteiger partial charge in [-0.25, -0.2) is 0 Å². The van der Waals surface area contributed by atoms with Crippen molar-refractivity contribution in [1.29, 1.82) is 0 Å². The van der Waals surface area contributed by atoms with Gasteiger partial charge in [0, 0.05) is 17.6 Å². The second-order valence-corrected chi connectivity index (χ2v) is 5.91. The van der Waals surface area contributed by atoms with E-state index in [0.717, 1.165) is 12.8 Å². The molecule has 21 heavy (non-hydrogen) atoms. The van der Waals surface area contributed by atoms with E-state index >= 15 is 0 Å². The average Bonchev–Trinajstić information content (AvgIpc) is 2.47. The number of nitrogens with zero attached hydrogens (tertiary/aromatic N) is 1. The van der Waals surface area contributed by atoms with E-state index in [9.17, 15) is 9.59 Å². The highest BCUT2D eigenvalue weighted by Crippen LogP contribution is 2.27. The molecule has 6 heteroatoms. The molecule has 0 spiro atoms. The molecular weight excluding hydrogens is 356 g/mol. The van der Waals surface area contributed by atoms with Crippen LogP contribution in [0.3, 0.4) is 0 Å². The quantitative estimate of drug-likeness (QED) is 0.793. The molecule has 4 nitrogen and oxygen atoms in total. The van der Waals surface area contributed by atoms with Crippen molar-refractivity contribution in [3.05, 3.63) is 33.3 Å². The minimum atomic E-state index is -0.227. The van der Waals surface area contributed by atoms with Gasteiger partial charge >= 0.3 is 0 Å². The van der Waals surface area contributed by atoms with Crippen LogP contribution < -0.4 is 5.32 Å². The number of nitrogens with one attached hydrogen (secondary N) is 1. The van der Waals surface area contributed by atoms with Crippen molar-refractivity contribution in [2.45, 2.75) is 26.7 Å². The lowest BCUT2D eigenvalue weighted by Gasteiger charge is -2.22. The molecule has 0 saturated carbocycles. The first-order chi connectivity index (χ1) is 10.0. The molecule has 0 aromatic heterocycles. The van der Waals surface area contributed by atoms with E-state index in [1.54, 1.807) is 18.2 Å². The summed E-state index contributed by atoms with van der Waals surface area (Å²) in [5, 5.41) is 3.15. The molecule has 0 atom stereocenters. The summed E-state index contributed by atoms with van der Waals surface area (Å²) in [5.74, 6) is -0.375. The van der Waals surface area contributed by atoms with Crippen LogP contribution >= 0.6 is 27.5 Å². The van der Waals surface area contributed by atoms with Gasteiger partial charge in [-0.15, -0.1) is 0 Å². The van der Waals surface area contributed by atoms with Gasteiger partial charge in [0.15, 0.2) is 0 Å². The van der Waals surface area contributed by atoms with E-state index in [1.807, 2.05) is 13.8 Å². The first-order valence-electron chi connectivity index (χ1n) is 7.01. The lowest BCUT2D eigenvalue weighted by molar-refractivity contribution is -0.121. The molecule has 0 bridgehead atoms. The van der Waals surface area contributed by atoms with Gasteiger partial charge in [0.25, 0.3) is 5.91 Å². The minimum absolute atomic E-state index is 0.0511. The lowest BCUT2D eigenvalue weighted by Crippen LogP contribution is -2.41. The highest BCUT2D eigenvalue weighted by Gasteiger charge is 2.21. The summed E-state index contributed by atoms with van der Waals surface area (Å²) in [4.78, 5) is 25.9. The van der Waals surface area contributed by atoms with E-state index in [1.165, 1.54) is 4.90 Å². The van der Waals surface area contributed by atoms with Gasteiger partial charge in [0.05, 0.1) is 17.1 Å². The number of benzene rings is 1. The highest BCUT2D eigenvalue weighted by atomic mass is 79.9. The van der Waals surface area contributed by atoms with E-state index in [4.69, 9.17) is 11.6 Å². The van der Waals surface area contributed by atoms with Crippen LogP contribution in [0.4, 0.5) is 0 Å². The lowest BCUT2D eigenvalue weighted by atomic mass is 10.2. The normalized spacial score (nSPS) is 10.3. The number of rotatable bonds is 7. The molecule has 0 aliphatic carbocycles. The van der Waals surface area contributed by atoms with Crippen LogP contribution in [-0.2, 0) is 4.79 Å².